The highest BCUT2D eigenvalue weighted by molar-refractivity contribution is 5.70. The van der Waals surface area contributed by atoms with Gasteiger partial charge < -0.3 is 16.2 Å². The van der Waals surface area contributed by atoms with Gasteiger partial charge in [0.25, 0.3) is 0 Å². The molecule has 0 saturated carbocycles. The molecule has 0 fully saturated rings. The van der Waals surface area contributed by atoms with Gasteiger partial charge in [-0.05, 0) is 54.2 Å². The summed E-state index contributed by atoms with van der Waals surface area (Å²) in [6.45, 7) is 0. The van der Waals surface area contributed by atoms with Gasteiger partial charge in [-0.3, -0.25) is 4.79 Å². The number of nitrogen functional groups attached to an aromatic ring is 2. The van der Waals surface area contributed by atoms with Crippen LogP contribution >= 0.6 is 0 Å². The van der Waals surface area contributed by atoms with E-state index in [4.69, 9.17) is 16.2 Å². The molecule has 0 aromatic heterocycles. The van der Waals surface area contributed by atoms with Crippen molar-refractivity contribution in [1.29, 1.82) is 0 Å². The summed E-state index contributed by atoms with van der Waals surface area (Å²) in [5, 5.41) is 0. The largest absolute Gasteiger partial charge is 0.469 e. The summed E-state index contributed by atoms with van der Waals surface area (Å²) >= 11 is 0. The van der Waals surface area contributed by atoms with Gasteiger partial charge in [-0.2, -0.15) is 0 Å². The van der Waals surface area contributed by atoms with Crippen molar-refractivity contribution in [2.45, 2.75) is 25.2 Å². The second-order valence-electron chi connectivity index (χ2n) is 5.43. The third-order valence-corrected chi connectivity index (χ3v) is 3.78. The molecule has 1 unspecified atom stereocenters. The van der Waals surface area contributed by atoms with Gasteiger partial charge in [-0.15, -0.1) is 0 Å². The van der Waals surface area contributed by atoms with Gasteiger partial charge in [0, 0.05) is 11.4 Å². The van der Waals surface area contributed by atoms with Gasteiger partial charge in [0.2, 0.25) is 0 Å². The molecule has 4 nitrogen and oxygen atoms in total. The summed E-state index contributed by atoms with van der Waals surface area (Å²) in [6.07, 6.45) is 2.08. The number of aryl methyl sites for hydroxylation is 1. The second kappa shape index (κ2) is 7.50. The molecule has 0 aliphatic carbocycles. The van der Waals surface area contributed by atoms with Crippen LogP contribution in [0.1, 0.15) is 29.9 Å². The first-order chi connectivity index (χ1) is 10.6. The highest BCUT2D eigenvalue weighted by Gasteiger charge is 2.17. The Morgan fingerprint density at radius 3 is 2.45 bits per heavy atom. The molecule has 1 atom stereocenters. The summed E-state index contributed by atoms with van der Waals surface area (Å²) in [4.78, 5) is 11.7. The van der Waals surface area contributed by atoms with Crippen LogP contribution in [0.25, 0.3) is 0 Å². The summed E-state index contributed by atoms with van der Waals surface area (Å²) in [5.41, 5.74) is 15.3. The Morgan fingerprint density at radius 2 is 1.82 bits per heavy atom. The number of hydrogen-bond acceptors (Lipinski definition) is 4. The topological polar surface area (TPSA) is 78.3 Å². The Morgan fingerprint density at radius 1 is 1.09 bits per heavy atom. The molecule has 0 amide bonds. The molecule has 22 heavy (non-hydrogen) atoms. The zero-order chi connectivity index (χ0) is 15.9. The standard InChI is InChI=1S/C18H22N2O2/c1-22-18(21)12-15(14-3-2-4-17(20)11-14)8-5-13-6-9-16(19)10-7-13/h2-4,6-7,9-11,15H,5,8,12,19-20H2,1H3. The summed E-state index contributed by atoms with van der Waals surface area (Å²) < 4.78 is 4.81. The average Bonchev–Trinajstić information content (AvgIpc) is 2.52. The van der Waals surface area contributed by atoms with Crippen molar-refractivity contribution in [3.63, 3.8) is 0 Å². The summed E-state index contributed by atoms with van der Waals surface area (Å²) in [6, 6.07) is 15.5. The molecule has 2 aromatic carbocycles. The van der Waals surface area contributed by atoms with E-state index < -0.39 is 0 Å². The predicted molar refractivity (Wildman–Crippen MR) is 89.4 cm³/mol. The molecule has 4 N–H and O–H groups in total. The molecule has 2 rings (SSSR count). The van der Waals surface area contributed by atoms with Crippen LogP contribution in [0.4, 0.5) is 11.4 Å². The van der Waals surface area contributed by atoms with Crippen molar-refractivity contribution in [3.8, 4) is 0 Å². The maximum atomic E-state index is 11.7. The Kier molecular flexibility index (Phi) is 5.42. The van der Waals surface area contributed by atoms with E-state index in [1.807, 2.05) is 48.5 Å². The van der Waals surface area contributed by atoms with Crippen molar-refractivity contribution in [2.75, 3.05) is 18.6 Å². The number of esters is 1. The molecule has 0 heterocycles. The number of anilines is 2. The van der Waals surface area contributed by atoms with Crippen LogP contribution in [0.2, 0.25) is 0 Å². The first kappa shape index (κ1) is 15.9. The van der Waals surface area contributed by atoms with Gasteiger partial charge in [0.15, 0.2) is 0 Å². The van der Waals surface area contributed by atoms with E-state index in [2.05, 4.69) is 0 Å². The number of benzene rings is 2. The first-order valence-electron chi connectivity index (χ1n) is 7.35. The minimum atomic E-state index is -0.204. The highest BCUT2D eigenvalue weighted by Crippen LogP contribution is 2.27. The molecule has 0 aliphatic heterocycles. The number of ether oxygens (including phenoxy) is 1. The van der Waals surface area contributed by atoms with E-state index in [0.29, 0.717) is 12.1 Å². The molecule has 0 spiro atoms. The lowest BCUT2D eigenvalue weighted by atomic mass is 9.89. The van der Waals surface area contributed by atoms with Gasteiger partial charge in [-0.1, -0.05) is 24.3 Å². The Labute approximate surface area is 131 Å². The van der Waals surface area contributed by atoms with Gasteiger partial charge in [-0.25, -0.2) is 0 Å². The quantitative estimate of drug-likeness (QED) is 0.634. The molecule has 0 bridgehead atoms. The first-order valence-corrected chi connectivity index (χ1v) is 7.35. The molecule has 4 heteroatoms. The van der Waals surface area contributed by atoms with Crippen molar-refractivity contribution in [3.05, 3.63) is 59.7 Å². The smallest absolute Gasteiger partial charge is 0.306 e. The minimum Gasteiger partial charge on any atom is -0.469 e. The zero-order valence-corrected chi connectivity index (χ0v) is 12.8. The van der Waals surface area contributed by atoms with Crippen LogP contribution in [-0.4, -0.2) is 13.1 Å². The number of nitrogens with two attached hydrogens (primary N) is 2. The maximum absolute atomic E-state index is 11.7. The number of methoxy groups -OCH3 is 1. The number of carbonyl (C=O) groups is 1. The molecule has 116 valence electrons. The van der Waals surface area contributed by atoms with Crippen LogP contribution in [-0.2, 0) is 16.0 Å². The van der Waals surface area contributed by atoms with E-state index in [1.165, 1.54) is 12.7 Å². The van der Waals surface area contributed by atoms with Crippen LogP contribution in [0.5, 0.6) is 0 Å². The van der Waals surface area contributed by atoms with E-state index >= 15 is 0 Å². The fourth-order valence-electron chi connectivity index (χ4n) is 2.51. The van der Waals surface area contributed by atoms with Crippen LogP contribution < -0.4 is 11.5 Å². The molecule has 0 saturated heterocycles. The number of rotatable bonds is 6. The second-order valence-corrected chi connectivity index (χ2v) is 5.43. The maximum Gasteiger partial charge on any atom is 0.306 e. The van der Waals surface area contributed by atoms with Crippen LogP contribution in [0, 0.1) is 0 Å². The van der Waals surface area contributed by atoms with Gasteiger partial charge in [0.05, 0.1) is 13.5 Å². The van der Waals surface area contributed by atoms with Crippen molar-refractivity contribution in [1.82, 2.24) is 0 Å². The van der Waals surface area contributed by atoms with Crippen molar-refractivity contribution < 1.29 is 9.53 Å². The van der Waals surface area contributed by atoms with Crippen molar-refractivity contribution in [2.24, 2.45) is 0 Å². The lowest BCUT2D eigenvalue weighted by Gasteiger charge is -2.17. The van der Waals surface area contributed by atoms with E-state index in [-0.39, 0.29) is 11.9 Å². The van der Waals surface area contributed by atoms with Crippen molar-refractivity contribution >= 4 is 17.3 Å². The number of carbonyl (C=O) groups excluding carboxylic acids is 1. The van der Waals surface area contributed by atoms with E-state index in [1.54, 1.807) is 0 Å². The predicted octanol–water partition coefficient (Wildman–Crippen LogP) is 3.13. The lowest BCUT2D eigenvalue weighted by molar-refractivity contribution is -0.141. The number of hydrogen-bond donors (Lipinski definition) is 2. The highest BCUT2D eigenvalue weighted by atomic mass is 16.5. The van der Waals surface area contributed by atoms with Gasteiger partial charge in [0.1, 0.15) is 0 Å². The third-order valence-electron chi connectivity index (χ3n) is 3.78. The molecule has 2 aromatic rings. The minimum absolute atomic E-state index is 0.0912. The van der Waals surface area contributed by atoms with Gasteiger partial charge >= 0.3 is 5.97 Å². The van der Waals surface area contributed by atoms with Crippen LogP contribution in [0.15, 0.2) is 48.5 Å². The molecular weight excluding hydrogens is 276 g/mol. The molecule has 0 aliphatic rings. The fraction of sp³-hybridized carbons (Fsp3) is 0.278. The lowest BCUT2D eigenvalue weighted by Crippen LogP contribution is -2.10. The summed E-state index contributed by atoms with van der Waals surface area (Å²) in [5.74, 6) is -0.113. The van der Waals surface area contributed by atoms with E-state index in [0.717, 1.165) is 24.1 Å². The monoisotopic (exact) mass is 298 g/mol. The zero-order valence-electron chi connectivity index (χ0n) is 12.8. The Balaban J connectivity index is 2.10. The Bertz CT molecular complexity index is 623. The summed E-state index contributed by atoms with van der Waals surface area (Å²) in [7, 11) is 1.42. The Hall–Kier alpha value is -2.49. The third kappa shape index (κ3) is 4.52. The normalized spacial score (nSPS) is 11.9. The average molecular weight is 298 g/mol. The fourth-order valence-corrected chi connectivity index (χ4v) is 2.51. The van der Waals surface area contributed by atoms with E-state index in [9.17, 15) is 4.79 Å². The molecule has 0 radical (unpaired) electrons. The van der Waals surface area contributed by atoms with Crippen LogP contribution in [0.3, 0.4) is 0 Å². The SMILES string of the molecule is COC(=O)CC(CCc1ccc(N)cc1)c1cccc(N)c1. The molecular formula is C18H22N2O2.